The molecule has 0 aromatic carbocycles. The number of rotatable bonds is 2. The highest BCUT2D eigenvalue weighted by molar-refractivity contribution is 4.89. The van der Waals surface area contributed by atoms with Gasteiger partial charge in [-0.05, 0) is 78.4 Å². The van der Waals surface area contributed by atoms with Gasteiger partial charge in [0.2, 0.25) is 0 Å². The van der Waals surface area contributed by atoms with E-state index in [1.807, 2.05) is 0 Å². The molecule has 2 rings (SSSR count). The lowest BCUT2D eigenvalue weighted by atomic mass is 9.89. The molecule has 0 aliphatic carbocycles. The van der Waals surface area contributed by atoms with Crippen LogP contribution in [0.15, 0.2) is 0 Å². The minimum atomic E-state index is 0.369. The van der Waals surface area contributed by atoms with Crippen LogP contribution in [0.1, 0.15) is 52.9 Å². The van der Waals surface area contributed by atoms with E-state index in [2.05, 4.69) is 31.0 Å². The first-order chi connectivity index (χ1) is 7.57. The van der Waals surface area contributed by atoms with Crippen LogP contribution >= 0.6 is 0 Å². The molecular weight excluding hydrogens is 196 g/mol. The minimum Gasteiger partial charge on any atom is -0.317 e. The zero-order chi connectivity index (χ0) is 11.6. The van der Waals surface area contributed by atoms with Gasteiger partial charge in [-0.1, -0.05) is 0 Å². The van der Waals surface area contributed by atoms with Crippen molar-refractivity contribution in [2.24, 2.45) is 5.92 Å². The molecule has 0 aromatic rings. The fourth-order valence-corrected chi connectivity index (χ4v) is 3.47. The fraction of sp³-hybridized carbons (Fsp3) is 1.00. The van der Waals surface area contributed by atoms with Crippen molar-refractivity contribution >= 4 is 0 Å². The molecule has 2 heteroatoms. The minimum absolute atomic E-state index is 0.369. The third kappa shape index (κ3) is 2.98. The lowest BCUT2D eigenvalue weighted by Gasteiger charge is -2.39. The monoisotopic (exact) mass is 224 g/mol. The van der Waals surface area contributed by atoms with E-state index in [1.165, 1.54) is 51.7 Å². The number of nitrogens with zero attached hydrogens (tertiary/aromatic N) is 1. The fourth-order valence-electron chi connectivity index (χ4n) is 3.47. The molecule has 2 nitrogen and oxygen atoms in total. The molecular formula is C14H28N2. The molecule has 2 aliphatic rings. The first-order valence-corrected chi connectivity index (χ1v) is 7.05. The third-order valence-corrected chi connectivity index (χ3v) is 4.30. The Balaban J connectivity index is 1.88. The maximum Gasteiger partial charge on any atom is 0.0127 e. The first kappa shape index (κ1) is 12.4. The predicted molar refractivity (Wildman–Crippen MR) is 69.7 cm³/mol. The van der Waals surface area contributed by atoms with Crippen LogP contribution in [0.5, 0.6) is 0 Å². The van der Waals surface area contributed by atoms with Crippen molar-refractivity contribution in [1.82, 2.24) is 10.2 Å². The molecule has 16 heavy (non-hydrogen) atoms. The Hall–Kier alpha value is -0.0800. The lowest BCUT2D eigenvalue weighted by molar-refractivity contribution is 0.101. The van der Waals surface area contributed by atoms with Crippen molar-refractivity contribution in [3.05, 3.63) is 0 Å². The summed E-state index contributed by atoms with van der Waals surface area (Å²) >= 11 is 0. The van der Waals surface area contributed by atoms with E-state index in [-0.39, 0.29) is 0 Å². The Labute approximate surface area is 101 Å². The van der Waals surface area contributed by atoms with E-state index >= 15 is 0 Å². The van der Waals surface area contributed by atoms with E-state index in [4.69, 9.17) is 0 Å². The maximum absolute atomic E-state index is 3.47. The molecule has 1 N–H and O–H groups in total. The predicted octanol–water partition coefficient (Wildman–Crippen LogP) is 2.64. The van der Waals surface area contributed by atoms with Crippen LogP contribution in [-0.4, -0.2) is 36.1 Å². The van der Waals surface area contributed by atoms with Crippen LogP contribution in [-0.2, 0) is 0 Å². The van der Waals surface area contributed by atoms with Crippen molar-refractivity contribution in [1.29, 1.82) is 0 Å². The second-order valence-corrected chi connectivity index (χ2v) is 6.59. The smallest absolute Gasteiger partial charge is 0.0127 e. The molecule has 0 radical (unpaired) electrons. The van der Waals surface area contributed by atoms with Gasteiger partial charge in [0, 0.05) is 11.6 Å². The van der Waals surface area contributed by atoms with Crippen molar-refractivity contribution in [3.8, 4) is 0 Å². The van der Waals surface area contributed by atoms with Crippen molar-refractivity contribution in [3.63, 3.8) is 0 Å². The summed E-state index contributed by atoms with van der Waals surface area (Å²) in [6.07, 6.45) is 7.08. The molecule has 0 saturated carbocycles. The molecule has 0 spiro atoms. The standard InChI is InChI=1S/C14H28N2/c1-14(2,3)16-10-4-5-13(16)11-12-6-8-15-9-7-12/h12-13,15H,4-11H2,1-3H3. The normalized spacial score (nSPS) is 29.8. The average molecular weight is 224 g/mol. The van der Waals surface area contributed by atoms with Crippen LogP contribution in [0.4, 0.5) is 0 Å². The van der Waals surface area contributed by atoms with Gasteiger partial charge in [0.1, 0.15) is 0 Å². The van der Waals surface area contributed by atoms with Gasteiger partial charge in [-0.3, -0.25) is 4.90 Å². The SMILES string of the molecule is CC(C)(C)N1CCCC1CC1CCNCC1. The second-order valence-electron chi connectivity index (χ2n) is 6.59. The third-order valence-electron chi connectivity index (χ3n) is 4.30. The highest BCUT2D eigenvalue weighted by Crippen LogP contribution is 2.32. The largest absolute Gasteiger partial charge is 0.317 e. The summed E-state index contributed by atoms with van der Waals surface area (Å²) in [6.45, 7) is 10.9. The van der Waals surface area contributed by atoms with Gasteiger partial charge in [0.15, 0.2) is 0 Å². The van der Waals surface area contributed by atoms with Crippen molar-refractivity contribution in [2.75, 3.05) is 19.6 Å². The van der Waals surface area contributed by atoms with Crippen LogP contribution < -0.4 is 5.32 Å². The van der Waals surface area contributed by atoms with Crippen LogP contribution in [0, 0.1) is 5.92 Å². The molecule has 1 unspecified atom stereocenters. The topological polar surface area (TPSA) is 15.3 Å². The average Bonchev–Trinajstić information content (AvgIpc) is 2.67. The Bertz CT molecular complexity index is 213. The van der Waals surface area contributed by atoms with Gasteiger partial charge in [0.05, 0.1) is 0 Å². The highest BCUT2D eigenvalue weighted by Gasteiger charge is 2.34. The Morgan fingerprint density at radius 1 is 1.12 bits per heavy atom. The summed E-state index contributed by atoms with van der Waals surface area (Å²) in [5, 5.41) is 3.47. The summed E-state index contributed by atoms with van der Waals surface area (Å²) in [5.74, 6) is 0.981. The summed E-state index contributed by atoms with van der Waals surface area (Å²) in [5.41, 5.74) is 0.369. The van der Waals surface area contributed by atoms with Gasteiger partial charge in [-0.25, -0.2) is 0 Å². The maximum atomic E-state index is 3.47. The molecule has 0 amide bonds. The number of likely N-dealkylation sites (tertiary alicyclic amines) is 1. The van der Waals surface area contributed by atoms with E-state index in [9.17, 15) is 0 Å². The van der Waals surface area contributed by atoms with Crippen LogP contribution in [0.3, 0.4) is 0 Å². The summed E-state index contributed by atoms with van der Waals surface area (Å²) in [7, 11) is 0. The van der Waals surface area contributed by atoms with Crippen LogP contribution in [0.25, 0.3) is 0 Å². The Kier molecular flexibility index (Phi) is 3.91. The zero-order valence-corrected chi connectivity index (χ0v) is 11.3. The molecule has 1 atom stereocenters. The Morgan fingerprint density at radius 3 is 2.44 bits per heavy atom. The van der Waals surface area contributed by atoms with Gasteiger partial charge in [-0.15, -0.1) is 0 Å². The molecule has 2 fully saturated rings. The van der Waals surface area contributed by atoms with Gasteiger partial charge in [-0.2, -0.15) is 0 Å². The van der Waals surface area contributed by atoms with Crippen LogP contribution in [0.2, 0.25) is 0 Å². The molecule has 2 aliphatic heterocycles. The van der Waals surface area contributed by atoms with Crippen molar-refractivity contribution in [2.45, 2.75) is 64.5 Å². The second kappa shape index (κ2) is 5.05. The molecule has 94 valence electrons. The van der Waals surface area contributed by atoms with E-state index in [1.54, 1.807) is 0 Å². The molecule has 2 heterocycles. The quantitative estimate of drug-likeness (QED) is 0.776. The Morgan fingerprint density at radius 2 is 1.81 bits per heavy atom. The van der Waals surface area contributed by atoms with Crippen molar-refractivity contribution < 1.29 is 0 Å². The number of hydrogen-bond donors (Lipinski definition) is 1. The molecule has 0 bridgehead atoms. The highest BCUT2D eigenvalue weighted by atomic mass is 15.2. The zero-order valence-electron chi connectivity index (χ0n) is 11.3. The van der Waals surface area contributed by atoms with Gasteiger partial charge < -0.3 is 5.32 Å². The summed E-state index contributed by atoms with van der Waals surface area (Å²) in [4.78, 5) is 2.75. The lowest BCUT2D eigenvalue weighted by Crippen LogP contribution is -2.45. The van der Waals surface area contributed by atoms with E-state index in [0.717, 1.165) is 12.0 Å². The number of nitrogens with one attached hydrogen (secondary N) is 1. The first-order valence-electron chi connectivity index (χ1n) is 7.05. The number of hydrogen-bond acceptors (Lipinski definition) is 2. The van der Waals surface area contributed by atoms with E-state index < -0.39 is 0 Å². The molecule has 2 saturated heterocycles. The number of piperidine rings is 1. The summed E-state index contributed by atoms with van der Waals surface area (Å²) < 4.78 is 0. The van der Waals surface area contributed by atoms with Gasteiger partial charge >= 0.3 is 0 Å². The summed E-state index contributed by atoms with van der Waals surface area (Å²) in [6, 6.07) is 0.864. The van der Waals surface area contributed by atoms with E-state index in [0.29, 0.717) is 5.54 Å². The van der Waals surface area contributed by atoms with Gasteiger partial charge in [0.25, 0.3) is 0 Å². The molecule has 0 aromatic heterocycles.